The normalized spacial score (nSPS) is 13.1. The third-order valence-corrected chi connectivity index (χ3v) is 8.22. The molecule has 4 rings (SSSR count). The van der Waals surface area contributed by atoms with Crippen LogP contribution in [0.15, 0.2) is 59.5 Å². The molecule has 1 amide bonds. The Hall–Kier alpha value is -3.77. The molecular weight excluding hydrogens is 494 g/mol. The molecule has 182 valence electrons. The Balaban J connectivity index is 1.57. The minimum absolute atomic E-state index is 0.0261. The lowest BCUT2D eigenvalue weighted by Crippen LogP contribution is -2.35. The zero-order valence-corrected chi connectivity index (χ0v) is 20.2. The molecule has 10 nitrogen and oxygen atoms in total. The van der Waals surface area contributed by atoms with Crippen molar-refractivity contribution in [3.8, 4) is 0 Å². The fourth-order valence-corrected chi connectivity index (χ4v) is 6.15. The Kier molecular flexibility index (Phi) is 6.85. The lowest BCUT2D eigenvalue weighted by molar-refractivity contribution is -0.380. The molecule has 12 heteroatoms. The molecule has 0 atom stereocenters. The van der Waals surface area contributed by atoms with Gasteiger partial charge in [-0.05, 0) is 67.0 Å². The van der Waals surface area contributed by atoms with Gasteiger partial charge in [-0.15, -0.1) is 0 Å². The van der Waals surface area contributed by atoms with Gasteiger partial charge in [-0.1, -0.05) is 18.2 Å². The molecule has 3 aromatic rings. The van der Waals surface area contributed by atoms with Gasteiger partial charge in [0.05, 0.1) is 22.1 Å². The van der Waals surface area contributed by atoms with Gasteiger partial charge in [0.1, 0.15) is 10.6 Å². The van der Waals surface area contributed by atoms with E-state index in [-0.39, 0.29) is 32.6 Å². The van der Waals surface area contributed by atoms with Crippen molar-refractivity contribution in [2.45, 2.75) is 24.7 Å². The van der Waals surface area contributed by atoms with E-state index in [1.54, 1.807) is 19.1 Å². The van der Waals surface area contributed by atoms with Gasteiger partial charge in [-0.3, -0.25) is 19.2 Å². The summed E-state index contributed by atoms with van der Waals surface area (Å²) in [6.45, 7) is 2.01. The molecule has 0 spiro atoms. The van der Waals surface area contributed by atoms with Gasteiger partial charge in [0.2, 0.25) is 0 Å². The maximum atomic E-state index is 13.3. The number of fused-ring (bicyclic) bond motifs is 1. The van der Waals surface area contributed by atoms with Crippen LogP contribution in [0.1, 0.15) is 39.6 Å². The zero-order valence-electron chi connectivity index (χ0n) is 18.6. The third kappa shape index (κ3) is 4.88. The van der Waals surface area contributed by atoms with Crippen LogP contribution >= 0.6 is 11.3 Å². The standard InChI is InChI=1S/C23H21N3O7S2/c1-2-33-23(28)18-14-20(26(29)30)34-22(18)24-21(27)16-9-11-17(12-10-16)35(31,32)25-13-5-7-15-6-3-4-8-19(15)25/h3-4,6,8-12,14H,2,5,7,13H2,1H3,(H,24,27). The highest BCUT2D eigenvalue weighted by molar-refractivity contribution is 7.92. The molecule has 1 aliphatic heterocycles. The van der Waals surface area contributed by atoms with Crippen molar-refractivity contribution in [3.05, 3.63) is 81.4 Å². The zero-order chi connectivity index (χ0) is 25.2. The number of nitro groups is 1. The summed E-state index contributed by atoms with van der Waals surface area (Å²) in [7, 11) is -3.84. The largest absolute Gasteiger partial charge is 0.462 e. The summed E-state index contributed by atoms with van der Waals surface area (Å²) in [5.41, 5.74) is 1.60. The number of thiophene rings is 1. The molecule has 0 saturated carbocycles. The highest BCUT2D eigenvalue weighted by atomic mass is 32.2. The molecule has 1 aliphatic rings. The summed E-state index contributed by atoms with van der Waals surface area (Å²) in [6, 6.07) is 13.8. The van der Waals surface area contributed by atoms with E-state index in [9.17, 15) is 28.1 Å². The van der Waals surface area contributed by atoms with Crippen LogP contribution in [0.4, 0.5) is 15.7 Å². The summed E-state index contributed by atoms with van der Waals surface area (Å²) in [5.74, 6) is -1.45. The Morgan fingerprint density at radius 3 is 2.57 bits per heavy atom. The Labute approximate surface area is 205 Å². The molecule has 1 aromatic heterocycles. The third-order valence-electron chi connectivity index (χ3n) is 5.39. The second-order valence-electron chi connectivity index (χ2n) is 7.59. The molecule has 2 aromatic carbocycles. The van der Waals surface area contributed by atoms with Gasteiger partial charge in [-0.25, -0.2) is 13.2 Å². The summed E-state index contributed by atoms with van der Waals surface area (Å²) in [5, 5.41) is 13.3. The highest BCUT2D eigenvalue weighted by Crippen LogP contribution is 2.35. The van der Waals surface area contributed by atoms with Crippen LogP contribution < -0.4 is 9.62 Å². The summed E-state index contributed by atoms with van der Waals surface area (Å²) >= 11 is 0.630. The second kappa shape index (κ2) is 9.84. The first-order chi connectivity index (χ1) is 16.7. The van der Waals surface area contributed by atoms with E-state index in [1.807, 2.05) is 12.1 Å². The van der Waals surface area contributed by atoms with Crippen LogP contribution in [0.2, 0.25) is 0 Å². The minimum Gasteiger partial charge on any atom is -0.462 e. The molecule has 0 fully saturated rings. The molecule has 0 unspecified atom stereocenters. The van der Waals surface area contributed by atoms with Gasteiger partial charge in [0, 0.05) is 18.2 Å². The summed E-state index contributed by atoms with van der Waals surface area (Å²) in [6.07, 6.45) is 1.50. The van der Waals surface area contributed by atoms with E-state index in [1.165, 1.54) is 28.6 Å². The van der Waals surface area contributed by atoms with Crippen LogP contribution in [0.25, 0.3) is 0 Å². The van der Waals surface area contributed by atoms with E-state index in [0.29, 0.717) is 30.0 Å². The number of amides is 1. The Bertz CT molecular complexity index is 1400. The van der Waals surface area contributed by atoms with Crippen LogP contribution in [0, 0.1) is 10.1 Å². The number of esters is 1. The van der Waals surface area contributed by atoms with E-state index >= 15 is 0 Å². The van der Waals surface area contributed by atoms with Crippen molar-refractivity contribution in [3.63, 3.8) is 0 Å². The fraction of sp³-hybridized carbons (Fsp3) is 0.217. The number of anilines is 2. The number of benzene rings is 2. The molecule has 35 heavy (non-hydrogen) atoms. The number of sulfonamides is 1. The van der Waals surface area contributed by atoms with Gasteiger partial charge in [0.25, 0.3) is 15.9 Å². The number of hydrogen-bond donors (Lipinski definition) is 1. The van der Waals surface area contributed by atoms with Crippen LogP contribution in [-0.4, -0.2) is 38.4 Å². The van der Waals surface area contributed by atoms with Gasteiger partial charge in [0.15, 0.2) is 0 Å². The number of ether oxygens (including phenoxy) is 1. The van der Waals surface area contributed by atoms with Crippen molar-refractivity contribution in [2.24, 2.45) is 0 Å². The Morgan fingerprint density at radius 2 is 1.89 bits per heavy atom. The number of rotatable bonds is 7. The highest BCUT2D eigenvalue weighted by Gasteiger charge is 2.29. The number of para-hydroxylation sites is 1. The predicted octanol–water partition coefficient (Wildman–Crippen LogP) is 4.23. The van der Waals surface area contributed by atoms with Crippen molar-refractivity contribution in [2.75, 3.05) is 22.8 Å². The van der Waals surface area contributed by atoms with Crippen molar-refractivity contribution < 1.29 is 27.7 Å². The summed E-state index contributed by atoms with van der Waals surface area (Å²) in [4.78, 5) is 35.4. The van der Waals surface area contributed by atoms with Gasteiger partial charge in [-0.2, -0.15) is 0 Å². The first-order valence-corrected chi connectivity index (χ1v) is 13.0. The van der Waals surface area contributed by atoms with Crippen LogP contribution in [0.5, 0.6) is 0 Å². The number of nitrogens with zero attached hydrogens (tertiary/aromatic N) is 2. The van der Waals surface area contributed by atoms with E-state index in [2.05, 4.69) is 5.32 Å². The molecule has 0 radical (unpaired) electrons. The Morgan fingerprint density at radius 1 is 1.17 bits per heavy atom. The quantitative estimate of drug-likeness (QED) is 0.282. The topological polar surface area (TPSA) is 136 Å². The molecular formula is C23H21N3O7S2. The van der Waals surface area contributed by atoms with Crippen molar-refractivity contribution >= 4 is 48.9 Å². The maximum Gasteiger partial charge on any atom is 0.341 e. The number of carbonyl (C=O) groups is 2. The summed E-state index contributed by atoms with van der Waals surface area (Å²) < 4.78 is 32.8. The van der Waals surface area contributed by atoms with Crippen LogP contribution in [-0.2, 0) is 21.2 Å². The molecule has 2 heterocycles. The first kappa shape index (κ1) is 24.4. The second-order valence-corrected chi connectivity index (χ2v) is 10.5. The lowest BCUT2D eigenvalue weighted by Gasteiger charge is -2.30. The van der Waals surface area contributed by atoms with Crippen molar-refractivity contribution in [1.82, 2.24) is 0 Å². The van der Waals surface area contributed by atoms with E-state index in [0.717, 1.165) is 18.1 Å². The fourth-order valence-electron chi connectivity index (χ4n) is 3.75. The number of hydrogen-bond acceptors (Lipinski definition) is 8. The van der Waals surface area contributed by atoms with Crippen LogP contribution in [0.3, 0.4) is 0 Å². The average molecular weight is 516 g/mol. The van der Waals surface area contributed by atoms with E-state index < -0.39 is 26.8 Å². The first-order valence-electron chi connectivity index (χ1n) is 10.7. The average Bonchev–Trinajstić information content (AvgIpc) is 3.28. The maximum absolute atomic E-state index is 13.3. The predicted molar refractivity (Wildman–Crippen MR) is 131 cm³/mol. The molecule has 1 N–H and O–H groups in total. The molecule has 0 bridgehead atoms. The lowest BCUT2D eigenvalue weighted by atomic mass is 10.0. The molecule has 0 aliphatic carbocycles. The molecule has 0 saturated heterocycles. The van der Waals surface area contributed by atoms with Gasteiger partial charge >= 0.3 is 11.0 Å². The smallest absolute Gasteiger partial charge is 0.341 e. The van der Waals surface area contributed by atoms with Gasteiger partial charge < -0.3 is 10.1 Å². The minimum atomic E-state index is -3.84. The SMILES string of the molecule is CCOC(=O)c1cc([N+](=O)[O-])sc1NC(=O)c1ccc(S(=O)(=O)N2CCCc3ccccc32)cc1. The van der Waals surface area contributed by atoms with E-state index in [4.69, 9.17) is 4.74 Å². The monoisotopic (exact) mass is 515 g/mol. The number of aryl methyl sites for hydroxylation is 1. The van der Waals surface area contributed by atoms with Crippen molar-refractivity contribution in [1.29, 1.82) is 0 Å². The number of carbonyl (C=O) groups excluding carboxylic acids is 2. The number of nitrogens with one attached hydrogen (secondary N) is 1.